The van der Waals surface area contributed by atoms with Gasteiger partial charge < -0.3 is 19.3 Å². The molecule has 2 aliphatic heterocycles. The Hall–Kier alpha value is -4.13. The molecule has 0 N–H and O–H groups in total. The Morgan fingerprint density at radius 3 is 1.57 bits per heavy atom. The maximum atomic E-state index is 13.1. The lowest BCUT2D eigenvalue weighted by Crippen LogP contribution is -2.32. The monoisotopic (exact) mass is 632 g/mol. The van der Waals surface area contributed by atoms with Crippen molar-refractivity contribution in [3.63, 3.8) is 0 Å². The molecule has 7 heteroatoms. The maximum absolute atomic E-state index is 13.1. The van der Waals surface area contributed by atoms with E-state index in [0.29, 0.717) is 34.7 Å². The number of halogens is 3. The Bertz CT molecular complexity index is 1660. The summed E-state index contributed by atoms with van der Waals surface area (Å²) in [5.41, 5.74) is 7.76. The predicted molar refractivity (Wildman–Crippen MR) is 185 cm³/mol. The first kappa shape index (κ1) is 34.7. The number of anilines is 4. The third-order valence-corrected chi connectivity index (χ3v) is 8.15. The van der Waals surface area contributed by atoms with Gasteiger partial charge in [0.15, 0.2) is 23.0 Å². The number of rotatable bonds is 4. The van der Waals surface area contributed by atoms with Crippen molar-refractivity contribution in [3.8, 4) is 23.0 Å². The van der Waals surface area contributed by atoms with E-state index < -0.39 is 12.7 Å². The zero-order valence-electron chi connectivity index (χ0n) is 28.7. The van der Waals surface area contributed by atoms with Crippen LogP contribution in [0.4, 0.5) is 35.9 Å². The standard InChI is InChI=1S/C19H23NO.C18H18F3NO.C2H6/c1-12(2)14-7-9-18-17(10-14)20(5)16-8-6-15(13(3)4)11-19(16)21-18;1-11(2)13-5-7-16-15(9-13)22(10-18(19,20)21)14-6-4-12(3)8-17(14)23-16;1-2/h6-13H,1-5H3;4-9,11H,10H2,1-3H3;1-2H3. The number of nitrogens with zero attached hydrogens (tertiary/aromatic N) is 2. The molecule has 2 aliphatic rings. The van der Waals surface area contributed by atoms with E-state index in [9.17, 15) is 13.2 Å². The molecule has 0 saturated heterocycles. The largest absolute Gasteiger partial charge is 0.453 e. The van der Waals surface area contributed by atoms with E-state index in [-0.39, 0.29) is 5.92 Å². The van der Waals surface area contributed by atoms with Crippen LogP contribution >= 0.6 is 0 Å². The lowest BCUT2D eigenvalue weighted by atomic mass is 9.99. The summed E-state index contributed by atoms with van der Waals surface area (Å²) in [5, 5.41) is 0. The summed E-state index contributed by atoms with van der Waals surface area (Å²) in [6.07, 6.45) is -4.30. The van der Waals surface area contributed by atoms with Crippen LogP contribution in [-0.2, 0) is 0 Å². The molecule has 0 unspecified atom stereocenters. The van der Waals surface area contributed by atoms with E-state index in [1.165, 1.54) is 16.0 Å². The number of benzene rings is 4. The van der Waals surface area contributed by atoms with E-state index in [1.807, 2.05) is 40.7 Å². The maximum Gasteiger partial charge on any atom is 0.406 e. The van der Waals surface area contributed by atoms with Crippen LogP contribution < -0.4 is 19.3 Å². The van der Waals surface area contributed by atoms with Crippen LogP contribution in [0.25, 0.3) is 0 Å². The minimum atomic E-state index is -4.30. The van der Waals surface area contributed by atoms with Crippen molar-refractivity contribution in [1.82, 2.24) is 0 Å². The molecule has 0 radical (unpaired) electrons. The molecule has 4 aromatic carbocycles. The van der Waals surface area contributed by atoms with E-state index >= 15 is 0 Å². The number of aryl methyl sites for hydroxylation is 1. The van der Waals surface area contributed by atoms with Crippen LogP contribution in [0, 0.1) is 6.92 Å². The summed E-state index contributed by atoms with van der Waals surface area (Å²) < 4.78 is 51.2. The molecule has 0 aromatic heterocycles. The van der Waals surface area contributed by atoms with Gasteiger partial charge in [0, 0.05) is 7.05 Å². The molecule has 46 heavy (non-hydrogen) atoms. The van der Waals surface area contributed by atoms with E-state index in [4.69, 9.17) is 9.47 Å². The topological polar surface area (TPSA) is 24.9 Å². The summed E-state index contributed by atoms with van der Waals surface area (Å²) in [6.45, 7) is 17.7. The van der Waals surface area contributed by atoms with Crippen LogP contribution in [0.15, 0.2) is 72.8 Å². The molecule has 0 saturated carbocycles. The quantitative estimate of drug-likeness (QED) is 0.223. The summed E-state index contributed by atoms with van der Waals surface area (Å²) >= 11 is 0. The molecule has 0 atom stereocenters. The zero-order valence-corrected chi connectivity index (χ0v) is 28.7. The molecule has 2 heterocycles. The molecule has 246 valence electrons. The molecule has 0 amide bonds. The van der Waals surface area contributed by atoms with Gasteiger partial charge in [-0.05, 0) is 95.5 Å². The van der Waals surface area contributed by atoms with Crippen molar-refractivity contribution in [3.05, 3.63) is 95.1 Å². The minimum Gasteiger partial charge on any atom is -0.453 e. The average Bonchev–Trinajstić information content (AvgIpc) is 3.01. The van der Waals surface area contributed by atoms with Gasteiger partial charge in [-0.2, -0.15) is 13.2 Å². The fourth-order valence-corrected chi connectivity index (χ4v) is 5.45. The van der Waals surface area contributed by atoms with Crippen molar-refractivity contribution in [2.24, 2.45) is 0 Å². The average molecular weight is 633 g/mol. The summed E-state index contributed by atoms with van der Waals surface area (Å²) in [7, 11) is 2.11. The number of hydrogen-bond acceptors (Lipinski definition) is 4. The Labute approximate surface area is 272 Å². The van der Waals surface area contributed by atoms with Crippen LogP contribution in [0.5, 0.6) is 23.0 Å². The molecule has 0 aliphatic carbocycles. The molecule has 4 nitrogen and oxygen atoms in total. The lowest BCUT2D eigenvalue weighted by molar-refractivity contribution is -0.118. The third-order valence-electron chi connectivity index (χ3n) is 8.15. The summed E-state index contributed by atoms with van der Waals surface area (Å²) in [5.74, 6) is 4.06. The van der Waals surface area contributed by atoms with Gasteiger partial charge in [0.1, 0.15) is 6.54 Å². The number of ether oxygens (including phenoxy) is 2. The minimum absolute atomic E-state index is 0.229. The van der Waals surface area contributed by atoms with Crippen molar-refractivity contribution in [2.75, 3.05) is 23.4 Å². The fourth-order valence-electron chi connectivity index (χ4n) is 5.45. The highest BCUT2D eigenvalue weighted by Gasteiger charge is 2.36. The van der Waals surface area contributed by atoms with Gasteiger partial charge >= 0.3 is 6.18 Å². The molecular formula is C39H47F3N2O2. The Morgan fingerprint density at radius 2 is 1.02 bits per heavy atom. The van der Waals surface area contributed by atoms with E-state index in [1.54, 1.807) is 30.3 Å². The fraction of sp³-hybridized carbons (Fsp3) is 0.385. The van der Waals surface area contributed by atoms with Crippen molar-refractivity contribution in [2.45, 2.75) is 86.2 Å². The van der Waals surface area contributed by atoms with Gasteiger partial charge in [-0.15, -0.1) is 0 Å². The smallest absolute Gasteiger partial charge is 0.406 e. The van der Waals surface area contributed by atoms with Crippen molar-refractivity contribution in [1.29, 1.82) is 0 Å². The third kappa shape index (κ3) is 7.63. The van der Waals surface area contributed by atoms with E-state index in [2.05, 4.69) is 76.0 Å². The number of fused-ring (bicyclic) bond motifs is 4. The van der Waals surface area contributed by atoms with E-state index in [0.717, 1.165) is 34.0 Å². The summed E-state index contributed by atoms with van der Waals surface area (Å²) in [4.78, 5) is 3.52. The highest BCUT2D eigenvalue weighted by Crippen LogP contribution is 2.49. The summed E-state index contributed by atoms with van der Waals surface area (Å²) in [6, 6.07) is 23.7. The van der Waals surface area contributed by atoms with Crippen LogP contribution in [0.2, 0.25) is 0 Å². The lowest BCUT2D eigenvalue weighted by Gasteiger charge is -2.34. The molecular weight excluding hydrogens is 585 g/mol. The van der Waals surface area contributed by atoms with Crippen LogP contribution in [0.3, 0.4) is 0 Å². The van der Waals surface area contributed by atoms with Gasteiger partial charge in [-0.25, -0.2) is 0 Å². The Kier molecular flexibility index (Phi) is 10.7. The van der Waals surface area contributed by atoms with Crippen molar-refractivity contribution >= 4 is 22.7 Å². The van der Waals surface area contributed by atoms with Gasteiger partial charge in [-0.1, -0.05) is 79.7 Å². The molecule has 0 bridgehead atoms. The number of hydrogen-bond donors (Lipinski definition) is 0. The second-order valence-corrected chi connectivity index (χ2v) is 12.6. The van der Waals surface area contributed by atoms with Crippen LogP contribution in [-0.4, -0.2) is 19.8 Å². The molecule has 4 aromatic rings. The van der Waals surface area contributed by atoms with Gasteiger partial charge in [0.25, 0.3) is 0 Å². The Balaban J connectivity index is 0.000000199. The highest BCUT2D eigenvalue weighted by atomic mass is 19.4. The zero-order chi connectivity index (χ0) is 33.9. The van der Waals surface area contributed by atoms with Crippen LogP contribution in [0.1, 0.15) is 95.4 Å². The normalized spacial score (nSPS) is 13.0. The second kappa shape index (κ2) is 14.1. The first-order valence-electron chi connectivity index (χ1n) is 16.2. The molecule has 0 fully saturated rings. The highest BCUT2D eigenvalue weighted by molar-refractivity contribution is 5.79. The van der Waals surface area contributed by atoms with Gasteiger partial charge in [0.05, 0.1) is 22.7 Å². The first-order chi connectivity index (χ1) is 21.7. The first-order valence-corrected chi connectivity index (χ1v) is 16.2. The van der Waals surface area contributed by atoms with Crippen molar-refractivity contribution < 1.29 is 22.6 Å². The second-order valence-electron chi connectivity index (χ2n) is 12.6. The van der Waals surface area contributed by atoms with Gasteiger partial charge in [-0.3, -0.25) is 0 Å². The predicted octanol–water partition coefficient (Wildman–Crippen LogP) is 12.8. The SMILES string of the molecule is CC.CC(C)c1ccc2c(c1)Oc1ccc(C(C)C)cc1N2C.Cc1ccc2c(c1)Oc1ccc(C(C)C)cc1N2CC(F)(F)F. The molecule has 0 spiro atoms. The van der Waals surface area contributed by atoms with Gasteiger partial charge in [0.2, 0.25) is 0 Å². The Morgan fingerprint density at radius 1 is 0.565 bits per heavy atom. The number of alkyl halides is 3. The molecule has 6 rings (SSSR count).